The number of nitrogens with zero attached hydrogens (tertiary/aromatic N) is 2. The highest BCUT2D eigenvalue weighted by Crippen LogP contribution is 2.40. The molecule has 1 unspecified atom stereocenters. The van der Waals surface area contributed by atoms with E-state index in [1.807, 2.05) is 42.6 Å². The Morgan fingerprint density at radius 3 is 2.74 bits per heavy atom. The standard InChI is InChI=1S/C25H26N2O5S2/c1-5-12-32-22-17(10-7-11-18(22)30-4)21-20(24(29)31-6-2)15(3)26-25-27(21)23(28)19(34-25)14-16-9-8-13-33-16/h7-11,13-14,21H,5-6,12H2,1-4H3/b19-14+. The van der Waals surface area contributed by atoms with Gasteiger partial charge in [-0.05, 0) is 43.9 Å². The van der Waals surface area contributed by atoms with E-state index in [0.29, 0.717) is 44.3 Å². The molecular formula is C25H26N2O5S2. The first kappa shape index (κ1) is 24.0. The van der Waals surface area contributed by atoms with Gasteiger partial charge in [0.25, 0.3) is 5.56 Å². The SMILES string of the molecule is CCCOc1c(OC)cccc1C1C(C(=O)OCC)=C(C)N=c2s/c(=C/c3cccs3)c(=O)n21. The van der Waals surface area contributed by atoms with E-state index in [1.165, 1.54) is 11.3 Å². The van der Waals surface area contributed by atoms with E-state index in [-0.39, 0.29) is 12.2 Å². The lowest BCUT2D eigenvalue weighted by atomic mass is 9.94. The first-order chi connectivity index (χ1) is 16.5. The number of carbonyl (C=O) groups is 1. The maximum Gasteiger partial charge on any atom is 0.338 e. The molecule has 0 amide bonds. The molecule has 1 aliphatic heterocycles. The van der Waals surface area contributed by atoms with Crippen LogP contribution in [0.25, 0.3) is 6.08 Å². The maximum atomic E-state index is 13.7. The zero-order valence-corrected chi connectivity index (χ0v) is 21.1. The number of esters is 1. The van der Waals surface area contributed by atoms with Gasteiger partial charge in [-0.2, -0.15) is 0 Å². The molecule has 2 aromatic heterocycles. The summed E-state index contributed by atoms with van der Waals surface area (Å²) in [5.74, 6) is 0.524. The van der Waals surface area contributed by atoms with Crippen molar-refractivity contribution in [2.45, 2.75) is 33.2 Å². The Kier molecular flexibility index (Phi) is 7.33. The number of carbonyl (C=O) groups excluding carboxylic acids is 1. The molecule has 1 aliphatic rings. The van der Waals surface area contributed by atoms with Crippen molar-refractivity contribution >= 4 is 34.7 Å². The summed E-state index contributed by atoms with van der Waals surface area (Å²) in [6, 6.07) is 8.61. The number of allylic oxidation sites excluding steroid dienone is 1. The number of hydrogen-bond donors (Lipinski definition) is 0. The van der Waals surface area contributed by atoms with Gasteiger partial charge >= 0.3 is 5.97 Å². The number of ether oxygens (including phenoxy) is 3. The zero-order valence-electron chi connectivity index (χ0n) is 19.5. The van der Waals surface area contributed by atoms with Crippen molar-refractivity contribution in [3.8, 4) is 11.5 Å². The van der Waals surface area contributed by atoms with Gasteiger partial charge in [0.15, 0.2) is 16.3 Å². The van der Waals surface area contributed by atoms with Crippen LogP contribution in [0.3, 0.4) is 0 Å². The summed E-state index contributed by atoms with van der Waals surface area (Å²) in [5, 5.41) is 1.96. The maximum absolute atomic E-state index is 13.7. The van der Waals surface area contributed by atoms with Crippen LogP contribution in [0.5, 0.6) is 11.5 Å². The van der Waals surface area contributed by atoms with Crippen molar-refractivity contribution in [1.82, 2.24) is 4.57 Å². The molecule has 34 heavy (non-hydrogen) atoms. The third-order valence-electron chi connectivity index (χ3n) is 5.31. The second-order valence-electron chi connectivity index (χ2n) is 7.54. The number of thiazole rings is 1. The second-order valence-corrected chi connectivity index (χ2v) is 9.53. The summed E-state index contributed by atoms with van der Waals surface area (Å²) in [5.41, 5.74) is 1.25. The lowest BCUT2D eigenvalue weighted by Crippen LogP contribution is -2.40. The molecule has 0 saturated heterocycles. The van der Waals surface area contributed by atoms with Gasteiger partial charge in [0.05, 0.1) is 36.1 Å². The van der Waals surface area contributed by atoms with E-state index in [4.69, 9.17) is 14.2 Å². The van der Waals surface area contributed by atoms with Crippen LogP contribution in [-0.4, -0.2) is 30.9 Å². The molecule has 4 rings (SSSR count). The first-order valence-corrected chi connectivity index (χ1v) is 12.7. The summed E-state index contributed by atoms with van der Waals surface area (Å²) >= 11 is 2.85. The van der Waals surface area contributed by atoms with Gasteiger partial charge in [0.1, 0.15) is 6.04 Å². The topological polar surface area (TPSA) is 79.1 Å². The van der Waals surface area contributed by atoms with Gasteiger partial charge in [-0.15, -0.1) is 11.3 Å². The lowest BCUT2D eigenvalue weighted by Gasteiger charge is -2.27. The summed E-state index contributed by atoms with van der Waals surface area (Å²) in [7, 11) is 1.57. The van der Waals surface area contributed by atoms with Crippen LogP contribution in [0.1, 0.15) is 43.7 Å². The number of aromatic nitrogens is 1. The highest BCUT2D eigenvalue weighted by atomic mass is 32.1. The molecule has 3 heterocycles. The number of rotatable bonds is 8. The second kappa shape index (κ2) is 10.4. The van der Waals surface area contributed by atoms with Crippen molar-refractivity contribution in [1.29, 1.82) is 0 Å². The molecule has 7 nitrogen and oxygen atoms in total. The summed E-state index contributed by atoms with van der Waals surface area (Å²) in [4.78, 5) is 32.9. The van der Waals surface area contributed by atoms with Crippen molar-refractivity contribution in [3.05, 3.63) is 77.1 Å². The number of fused-ring (bicyclic) bond motifs is 1. The molecule has 178 valence electrons. The van der Waals surface area contributed by atoms with E-state index >= 15 is 0 Å². The normalized spacial score (nSPS) is 15.6. The van der Waals surface area contributed by atoms with Gasteiger partial charge in [-0.1, -0.05) is 36.5 Å². The molecule has 9 heteroatoms. The predicted octanol–water partition coefficient (Wildman–Crippen LogP) is 3.66. The lowest BCUT2D eigenvalue weighted by molar-refractivity contribution is -0.139. The van der Waals surface area contributed by atoms with Crippen molar-refractivity contribution in [2.24, 2.45) is 4.99 Å². The van der Waals surface area contributed by atoms with E-state index in [9.17, 15) is 9.59 Å². The average Bonchev–Trinajstić information content (AvgIpc) is 3.44. The Bertz CT molecular complexity index is 1400. The van der Waals surface area contributed by atoms with Crippen LogP contribution in [0.4, 0.5) is 0 Å². The highest BCUT2D eigenvalue weighted by molar-refractivity contribution is 7.11. The van der Waals surface area contributed by atoms with Crippen LogP contribution in [0.2, 0.25) is 0 Å². The number of hydrogen-bond acceptors (Lipinski definition) is 8. The van der Waals surface area contributed by atoms with Crippen molar-refractivity contribution < 1.29 is 19.0 Å². The van der Waals surface area contributed by atoms with Crippen LogP contribution in [0, 0.1) is 0 Å². The molecular weight excluding hydrogens is 472 g/mol. The van der Waals surface area contributed by atoms with Crippen LogP contribution < -0.4 is 24.4 Å². The Morgan fingerprint density at radius 1 is 1.24 bits per heavy atom. The Morgan fingerprint density at radius 2 is 2.06 bits per heavy atom. The van der Waals surface area contributed by atoms with Crippen molar-refractivity contribution in [2.75, 3.05) is 20.3 Å². The molecule has 0 radical (unpaired) electrons. The van der Waals surface area contributed by atoms with Gasteiger partial charge < -0.3 is 14.2 Å². The predicted molar refractivity (Wildman–Crippen MR) is 133 cm³/mol. The van der Waals surface area contributed by atoms with Gasteiger partial charge in [-0.3, -0.25) is 9.36 Å². The number of methoxy groups -OCH3 is 1. The zero-order chi connectivity index (χ0) is 24.2. The molecule has 3 aromatic rings. The van der Waals surface area contributed by atoms with Crippen molar-refractivity contribution in [3.63, 3.8) is 0 Å². The number of thiophene rings is 1. The molecule has 1 atom stereocenters. The fraction of sp³-hybridized carbons (Fsp3) is 0.320. The summed E-state index contributed by atoms with van der Waals surface area (Å²) in [6.45, 7) is 6.20. The number of para-hydroxylation sites is 1. The monoisotopic (exact) mass is 498 g/mol. The first-order valence-electron chi connectivity index (χ1n) is 11.0. The van der Waals surface area contributed by atoms with Crippen LogP contribution >= 0.6 is 22.7 Å². The summed E-state index contributed by atoms with van der Waals surface area (Å²) in [6.07, 6.45) is 2.65. The highest BCUT2D eigenvalue weighted by Gasteiger charge is 2.36. The van der Waals surface area contributed by atoms with Crippen LogP contribution in [-0.2, 0) is 9.53 Å². The van der Waals surface area contributed by atoms with E-state index in [0.717, 1.165) is 11.3 Å². The Balaban J connectivity index is 2.01. The largest absolute Gasteiger partial charge is 0.493 e. The van der Waals surface area contributed by atoms with E-state index in [1.54, 1.807) is 42.9 Å². The van der Waals surface area contributed by atoms with Gasteiger partial charge in [0, 0.05) is 10.4 Å². The molecule has 1 aromatic carbocycles. The third kappa shape index (κ3) is 4.45. The fourth-order valence-corrected chi connectivity index (χ4v) is 5.63. The minimum absolute atomic E-state index is 0.211. The minimum atomic E-state index is -0.761. The molecule has 0 saturated carbocycles. The average molecular weight is 499 g/mol. The van der Waals surface area contributed by atoms with E-state index in [2.05, 4.69) is 4.99 Å². The van der Waals surface area contributed by atoms with Gasteiger partial charge in [-0.25, -0.2) is 9.79 Å². The smallest absolute Gasteiger partial charge is 0.338 e. The summed E-state index contributed by atoms with van der Waals surface area (Å²) < 4.78 is 19.1. The molecule has 0 spiro atoms. The third-order valence-corrected chi connectivity index (χ3v) is 7.11. The molecule has 0 N–H and O–H groups in total. The van der Waals surface area contributed by atoms with Crippen LogP contribution in [0.15, 0.2) is 56.8 Å². The fourth-order valence-electron chi connectivity index (χ4n) is 3.86. The number of benzene rings is 1. The quantitative estimate of drug-likeness (QED) is 0.443. The van der Waals surface area contributed by atoms with E-state index < -0.39 is 12.0 Å². The minimum Gasteiger partial charge on any atom is -0.493 e. The molecule has 0 bridgehead atoms. The molecule has 0 aliphatic carbocycles. The molecule has 0 fully saturated rings. The Labute approximate surface area is 205 Å². The Hall–Kier alpha value is -3.17. The van der Waals surface area contributed by atoms with Gasteiger partial charge in [0.2, 0.25) is 0 Å².